The third kappa shape index (κ3) is 5.05. The molecule has 0 saturated carbocycles. The van der Waals surface area contributed by atoms with Gasteiger partial charge in [-0.2, -0.15) is 8.42 Å². The summed E-state index contributed by atoms with van der Waals surface area (Å²) in [6.07, 6.45) is 1.11. The fourth-order valence-electron chi connectivity index (χ4n) is 3.26. The highest BCUT2D eigenvalue weighted by atomic mass is 32.3. The number of hydrogen-bond donors (Lipinski definition) is 0. The van der Waals surface area contributed by atoms with Gasteiger partial charge in [-0.05, 0) is 71.0 Å². The Kier molecular flexibility index (Phi) is 6.53. The van der Waals surface area contributed by atoms with Crippen LogP contribution >= 0.6 is 22.1 Å². The molecule has 0 unspecified atom stereocenters. The molecule has 0 N–H and O–H groups in total. The number of hydrogen-bond acceptors (Lipinski definition) is 4. The lowest BCUT2D eigenvalue weighted by Crippen LogP contribution is -2.12. The summed E-state index contributed by atoms with van der Waals surface area (Å²) in [5.41, 5.74) is 0. The van der Waals surface area contributed by atoms with E-state index < -0.39 is 20.4 Å². The topological polar surface area (TPSA) is 43.4 Å². The lowest BCUT2D eigenvalue weighted by Gasteiger charge is -2.39. The molecule has 31 heavy (non-hydrogen) atoms. The molecule has 0 atom stereocenters. The van der Waals surface area contributed by atoms with Gasteiger partial charge < -0.3 is 0 Å². The second kappa shape index (κ2) is 9.32. The normalized spacial score (nSPS) is 12.4. The predicted octanol–water partition coefficient (Wildman–Crippen LogP) is 7.01. The van der Waals surface area contributed by atoms with E-state index >= 15 is 0 Å². The largest absolute Gasteiger partial charge is 0.274 e. The Bertz CT molecular complexity index is 1190. The molecule has 4 rings (SSSR count). The Morgan fingerprint density at radius 2 is 0.935 bits per heavy atom. The SMILES string of the molecule is CS(=O)(=O)OS(c1ccccc1)(c1ccccc1)c1ccc(Sc2ccccc2)cc1. The highest BCUT2D eigenvalue weighted by Crippen LogP contribution is 2.69. The van der Waals surface area contributed by atoms with Crippen molar-refractivity contribution in [2.45, 2.75) is 24.5 Å². The zero-order valence-corrected chi connectivity index (χ0v) is 19.4. The summed E-state index contributed by atoms with van der Waals surface area (Å²) in [6.45, 7) is 0. The maximum absolute atomic E-state index is 12.5. The summed E-state index contributed by atoms with van der Waals surface area (Å²) in [6, 6.07) is 37.3. The highest BCUT2D eigenvalue weighted by molar-refractivity contribution is 8.33. The lowest BCUT2D eigenvalue weighted by molar-refractivity contribution is 0.515. The lowest BCUT2D eigenvalue weighted by atomic mass is 10.3. The van der Waals surface area contributed by atoms with Crippen LogP contribution in [0.15, 0.2) is 140 Å². The van der Waals surface area contributed by atoms with Gasteiger partial charge in [0.2, 0.25) is 0 Å². The Balaban J connectivity index is 1.86. The van der Waals surface area contributed by atoms with Crippen LogP contribution in [0.5, 0.6) is 0 Å². The van der Waals surface area contributed by atoms with Crippen molar-refractivity contribution in [1.82, 2.24) is 0 Å². The van der Waals surface area contributed by atoms with Crippen LogP contribution < -0.4 is 0 Å². The van der Waals surface area contributed by atoms with Crippen LogP contribution in [0.2, 0.25) is 0 Å². The first-order valence-corrected chi connectivity index (χ1v) is 13.8. The molecule has 0 aromatic heterocycles. The molecule has 4 aromatic rings. The Morgan fingerprint density at radius 1 is 0.548 bits per heavy atom. The van der Waals surface area contributed by atoms with E-state index in [1.54, 1.807) is 11.8 Å². The monoisotopic (exact) mass is 466 g/mol. The van der Waals surface area contributed by atoms with E-state index in [1.165, 1.54) is 0 Å². The molecule has 0 bridgehead atoms. The molecular weight excluding hydrogens is 444 g/mol. The summed E-state index contributed by atoms with van der Waals surface area (Å²) in [7, 11) is -6.23. The maximum Gasteiger partial charge on any atom is 0.274 e. The van der Waals surface area contributed by atoms with Gasteiger partial charge in [-0.1, -0.05) is 66.4 Å². The molecule has 0 spiro atoms. The molecule has 158 valence electrons. The van der Waals surface area contributed by atoms with E-state index in [0.717, 1.165) is 30.7 Å². The Labute approximate surface area is 189 Å². The molecule has 0 aliphatic carbocycles. The summed E-state index contributed by atoms with van der Waals surface area (Å²) in [5, 5.41) is 0. The second-order valence-electron chi connectivity index (χ2n) is 6.84. The smallest absolute Gasteiger partial charge is 0.207 e. The molecular formula is C25H22O3S3. The van der Waals surface area contributed by atoms with Crippen LogP contribution in [0, 0.1) is 0 Å². The quantitative estimate of drug-likeness (QED) is 0.294. The van der Waals surface area contributed by atoms with Gasteiger partial charge in [0.1, 0.15) is 0 Å². The zero-order valence-electron chi connectivity index (χ0n) is 16.9. The van der Waals surface area contributed by atoms with Crippen molar-refractivity contribution in [1.29, 1.82) is 0 Å². The third-order valence-corrected chi connectivity index (χ3v) is 10.1. The van der Waals surface area contributed by atoms with Crippen LogP contribution in [-0.4, -0.2) is 14.7 Å². The summed E-state index contributed by atoms with van der Waals surface area (Å²) in [4.78, 5) is 4.70. The minimum Gasteiger partial charge on any atom is -0.207 e. The van der Waals surface area contributed by atoms with Crippen LogP contribution in [0.25, 0.3) is 0 Å². The van der Waals surface area contributed by atoms with Gasteiger partial charge in [-0.3, -0.25) is 0 Å². The molecule has 0 radical (unpaired) electrons. The van der Waals surface area contributed by atoms with Crippen molar-refractivity contribution in [2.75, 3.05) is 6.26 Å². The van der Waals surface area contributed by atoms with Crippen LogP contribution in [0.3, 0.4) is 0 Å². The second-order valence-corrected chi connectivity index (χ2v) is 12.5. The van der Waals surface area contributed by atoms with Crippen molar-refractivity contribution >= 4 is 32.2 Å². The van der Waals surface area contributed by atoms with E-state index in [4.69, 9.17) is 3.63 Å². The van der Waals surface area contributed by atoms with Gasteiger partial charge in [-0.25, -0.2) is 3.63 Å². The summed E-state index contributed by atoms with van der Waals surface area (Å²) in [5.74, 6) is 0. The predicted molar refractivity (Wildman–Crippen MR) is 128 cm³/mol. The summed E-state index contributed by atoms with van der Waals surface area (Å²) >= 11 is 1.66. The number of benzene rings is 4. The Morgan fingerprint density at radius 3 is 1.39 bits per heavy atom. The van der Waals surface area contributed by atoms with Gasteiger partial charge in [-0.15, -0.1) is 0 Å². The van der Waals surface area contributed by atoms with Crippen molar-refractivity contribution in [2.24, 2.45) is 0 Å². The average Bonchev–Trinajstić information content (AvgIpc) is 2.79. The van der Waals surface area contributed by atoms with Gasteiger partial charge in [0.15, 0.2) is 0 Å². The molecule has 0 heterocycles. The van der Waals surface area contributed by atoms with Gasteiger partial charge in [0.25, 0.3) is 10.1 Å². The van der Waals surface area contributed by atoms with E-state index in [-0.39, 0.29) is 0 Å². The minimum absolute atomic E-state index is 0.827. The molecule has 0 amide bonds. The first kappa shape index (κ1) is 21.7. The van der Waals surface area contributed by atoms with Gasteiger partial charge in [0, 0.05) is 24.5 Å². The van der Waals surface area contributed by atoms with Crippen LogP contribution in [-0.2, 0) is 13.7 Å². The van der Waals surface area contributed by atoms with E-state index in [2.05, 4.69) is 12.1 Å². The van der Waals surface area contributed by atoms with E-state index in [1.807, 2.05) is 103 Å². The number of rotatable bonds is 7. The van der Waals surface area contributed by atoms with Crippen molar-refractivity contribution < 1.29 is 12.0 Å². The first-order valence-electron chi connectivity index (χ1n) is 9.65. The standard InChI is InChI=1S/C25H22O3S3/c1-30(26,27)28-31(23-13-7-3-8-14-23,24-15-9-4-10-16-24)25-19-17-22(18-20-25)29-21-11-5-2-6-12-21/h2-20H,1H3. The fraction of sp³-hybridized carbons (Fsp3) is 0.0400. The zero-order chi connectivity index (χ0) is 21.7. The van der Waals surface area contributed by atoms with Gasteiger partial charge >= 0.3 is 0 Å². The first-order chi connectivity index (χ1) is 15.0. The molecule has 0 aliphatic rings. The molecule has 4 aromatic carbocycles. The van der Waals surface area contributed by atoms with Crippen molar-refractivity contribution in [3.63, 3.8) is 0 Å². The molecule has 6 heteroatoms. The van der Waals surface area contributed by atoms with Gasteiger partial charge in [0.05, 0.1) is 6.26 Å². The van der Waals surface area contributed by atoms with Crippen molar-refractivity contribution in [3.05, 3.63) is 115 Å². The molecule has 0 saturated heterocycles. The highest BCUT2D eigenvalue weighted by Gasteiger charge is 2.36. The fourth-order valence-corrected chi connectivity index (χ4v) is 8.94. The van der Waals surface area contributed by atoms with Crippen molar-refractivity contribution in [3.8, 4) is 0 Å². The minimum atomic E-state index is -3.75. The van der Waals surface area contributed by atoms with Crippen LogP contribution in [0.4, 0.5) is 0 Å². The maximum atomic E-state index is 12.5. The van der Waals surface area contributed by atoms with Crippen LogP contribution in [0.1, 0.15) is 0 Å². The third-order valence-electron chi connectivity index (χ3n) is 4.51. The van der Waals surface area contributed by atoms with E-state index in [9.17, 15) is 8.42 Å². The Hall–Kier alpha value is -2.51. The molecule has 3 nitrogen and oxygen atoms in total. The van der Waals surface area contributed by atoms with E-state index in [0.29, 0.717) is 0 Å². The summed E-state index contributed by atoms with van der Waals surface area (Å²) < 4.78 is 30.9. The molecule has 0 aliphatic heterocycles. The molecule has 0 fully saturated rings. The average molecular weight is 467 g/mol.